The second-order valence-corrected chi connectivity index (χ2v) is 7.33. The maximum atomic E-state index is 13.2. The lowest BCUT2D eigenvalue weighted by Gasteiger charge is -2.16. The summed E-state index contributed by atoms with van der Waals surface area (Å²) in [5, 5.41) is 1.32. The zero-order valence-electron chi connectivity index (χ0n) is 14.8. The molecular weight excluding hydrogens is 351 g/mol. The molecule has 0 amide bonds. The van der Waals surface area contributed by atoms with Gasteiger partial charge in [0.25, 0.3) is 5.56 Å². The molecule has 2 aromatic carbocycles. The average Bonchev–Trinajstić information content (AvgIpc) is 2.65. The van der Waals surface area contributed by atoms with Gasteiger partial charge in [-0.1, -0.05) is 36.0 Å². The van der Waals surface area contributed by atoms with Crippen LogP contribution in [-0.2, 0) is 11.3 Å². The zero-order chi connectivity index (χ0) is 18.5. The van der Waals surface area contributed by atoms with Crippen molar-refractivity contribution in [3.63, 3.8) is 0 Å². The lowest BCUT2D eigenvalue weighted by atomic mass is 10.2. The van der Waals surface area contributed by atoms with Crippen LogP contribution in [0.3, 0.4) is 0 Å². The third-order valence-corrected chi connectivity index (χ3v) is 5.33. The molecule has 1 unspecified atom stereocenters. The molecule has 26 heavy (non-hydrogen) atoms. The lowest BCUT2D eigenvalue weighted by molar-refractivity contribution is 0.189. The number of ether oxygens (including phenoxy) is 1. The fourth-order valence-electron chi connectivity index (χ4n) is 2.76. The van der Waals surface area contributed by atoms with Crippen molar-refractivity contribution in [2.75, 3.05) is 13.7 Å². The summed E-state index contributed by atoms with van der Waals surface area (Å²) in [6.45, 7) is 3.15. The van der Waals surface area contributed by atoms with Crippen molar-refractivity contribution in [3.05, 3.63) is 70.3 Å². The van der Waals surface area contributed by atoms with Crippen molar-refractivity contribution in [3.8, 4) is 0 Å². The van der Waals surface area contributed by atoms with Crippen LogP contribution in [0.1, 0.15) is 24.2 Å². The summed E-state index contributed by atoms with van der Waals surface area (Å²) in [5.74, 6) is -0.258. The largest absolute Gasteiger partial charge is 0.385 e. The van der Waals surface area contributed by atoms with Gasteiger partial charge in [0, 0.05) is 25.5 Å². The summed E-state index contributed by atoms with van der Waals surface area (Å²) >= 11 is 1.50. The molecule has 0 fully saturated rings. The Morgan fingerprint density at radius 1 is 1.19 bits per heavy atom. The Morgan fingerprint density at radius 3 is 2.65 bits per heavy atom. The van der Waals surface area contributed by atoms with Gasteiger partial charge in [-0.05, 0) is 43.2 Å². The first kappa shape index (κ1) is 18.6. The molecule has 1 heterocycles. The molecule has 4 nitrogen and oxygen atoms in total. The van der Waals surface area contributed by atoms with Crippen LogP contribution in [0, 0.1) is 5.82 Å². The predicted molar refractivity (Wildman–Crippen MR) is 103 cm³/mol. The summed E-state index contributed by atoms with van der Waals surface area (Å²) in [6, 6.07) is 13.8. The molecular formula is C20H21FN2O2S. The van der Waals surface area contributed by atoms with E-state index in [1.54, 1.807) is 29.9 Å². The van der Waals surface area contributed by atoms with Gasteiger partial charge < -0.3 is 4.74 Å². The molecule has 0 spiro atoms. The van der Waals surface area contributed by atoms with Crippen LogP contribution in [0.5, 0.6) is 0 Å². The minimum absolute atomic E-state index is 0.0392. The van der Waals surface area contributed by atoms with Gasteiger partial charge in [0.2, 0.25) is 0 Å². The molecule has 3 rings (SSSR count). The number of nitrogens with zero attached hydrogens (tertiary/aromatic N) is 2. The van der Waals surface area contributed by atoms with Crippen molar-refractivity contribution in [1.29, 1.82) is 0 Å². The minimum atomic E-state index is -0.258. The van der Waals surface area contributed by atoms with Crippen molar-refractivity contribution >= 4 is 22.7 Å². The molecule has 0 radical (unpaired) electrons. The molecule has 0 saturated heterocycles. The van der Waals surface area contributed by atoms with E-state index in [1.165, 1.54) is 23.9 Å². The first-order valence-corrected chi connectivity index (χ1v) is 9.38. The highest BCUT2D eigenvalue weighted by molar-refractivity contribution is 7.99. The Bertz CT molecular complexity index is 941. The van der Waals surface area contributed by atoms with E-state index in [9.17, 15) is 9.18 Å². The van der Waals surface area contributed by atoms with Crippen LogP contribution in [0.15, 0.2) is 58.5 Å². The molecule has 0 aliphatic carbocycles. The number of fused-ring (bicyclic) bond motifs is 1. The van der Waals surface area contributed by atoms with E-state index in [4.69, 9.17) is 9.72 Å². The topological polar surface area (TPSA) is 44.1 Å². The maximum Gasteiger partial charge on any atom is 0.262 e. The Hall–Kier alpha value is -2.18. The van der Waals surface area contributed by atoms with Crippen LogP contribution in [-0.4, -0.2) is 23.3 Å². The molecule has 0 bridgehead atoms. The van der Waals surface area contributed by atoms with Gasteiger partial charge >= 0.3 is 0 Å². The molecule has 1 atom stereocenters. The number of rotatable bonds is 7. The lowest BCUT2D eigenvalue weighted by Crippen LogP contribution is -2.24. The third-order valence-electron chi connectivity index (χ3n) is 4.18. The number of methoxy groups -OCH3 is 1. The van der Waals surface area contributed by atoms with Gasteiger partial charge in [0.1, 0.15) is 5.82 Å². The van der Waals surface area contributed by atoms with E-state index < -0.39 is 0 Å². The van der Waals surface area contributed by atoms with Gasteiger partial charge in [-0.2, -0.15) is 0 Å². The van der Waals surface area contributed by atoms with Crippen LogP contribution < -0.4 is 5.56 Å². The summed E-state index contributed by atoms with van der Waals surface area (Å²) in [5.41, 5.74) is 1.64. The fourth-order valence-corrected chi connectivity index (χ4v) is 3.82. The van der Waals surface area contributed by atoms with E-state index in [0.717, 1.165) is 12.0 Å². The van der Waals surface area contributed by atoms with Crippen LogP contribution >= 0.6 is 11.8 Å². The molecule has 3 aromatic rings. The normalized spacial score (nSPS) is 12.4. The van der Waals surface area contributed by atoms with Crippen molar-refractivity contribution < 1.29 is 9.13 Å². The number of benzene rings is 2. The number of hydrogen-bond acceptors (Lipinski definition) is 4. The van der Waals surface area contributed by atoms with Gasteiger partial charge in [0.15, 0.2) is 5.16 Å². The van der Waals surface area contributed by atoms with Crippen molar-refractivity contribution in [1.82, 2.24) is 9.55 Å². The number of thioether (sulfide) groups is 1. The van der Waals surface area contributed by atoms with E-state index in [1.807, 2.05) is 25.1 Å². The Labute approximate surface area is 156 Å². The van der Waals surface area contributed by atoms with Crippen LogP contribution in [0.2, 0.25) is 0 Å². The quantitative estimate of drug-likeness (QED) is 0.350. The third kappa shape index (κ3) is 4.14. The standard InChI is InChI=1S/C20H21FN2O2S/c1-14(15-8-10-16(21)11-9-15)26-20-22-18-7-4-3-6-17(18)19(24)23(20)12-5-13-25-2/h3-4,6-11,14H,5,12-13H2,1-2H3. The summed E-state index contributed by atoms with van der Waals surface area (Å²) < 4.78 is 20.0. The summed E-state index contributed by atoms with van der Waals surface area (Å²) in [4.78, 5) is 17.6. The van der Waals surface area contributed by atoms with Crippen LogP contribution in [0.4, 0.5) is 4.39 Å². The Kier molecular flexibility index (Phi) is 6.06. The first-order valence-electron chi connectivity index (χ1n) is 8.51. The van der Waals surface area contributed by atoms with Gasteiger partial charge in [0.05, 0.1) is 10.9 Å². The Balaban J connectivity index is 1.97. The SMILES string of the molecule is COCCCn1c(SC(C)c2ccc(F)cc2)nc2ccccc2c1=O. The number of halogens is 1. The van der Waals surface area contributed by atoms with Crippen molar-refractivity contribution in [2.24, 2.45) is 0 Å². The molecule has 6 heteroatoms. The van der Waals surface area contributed by atoms with Crippen LogP contribution in [0.25, 0.3) is 10.9 Å². The van der Waals surface area contributed by atoms with E-state index >= 15 is 0 Å². The molecule has 136 valence electrons. The molecule has 0 aliphatic heterocycles. The smallest absolute Gasteiger partial charge is 0.262 e. The second-order valence-electron chi connectivity index (χ2n) is 6.03. The van der Waals surface area contributed by atoms with E-state index in [0.29, 0.717) is 29.2 Å². The van der Waals surface area contributed by atoms with Gasteiger partial charge in [-0.15, -0.1) is 0 Å². The monoisotopic (exact) mass is 372 g/mol. The summed E-state index contributed by atoms with van der Waals surface area (Å²) in [7, 11) is 1.65. The molecule has 1 aromatic heterocycles. The second kappa shape index (κ2) is 8.47. The van der Waals surface area contributed by atoms with Crippen molar-refractivity contribution in [2.45, 2.75) is 30.3 Å². The first-order chi connectivity index (χ1) is 12.6. The molecule has 0 saturated carbocycles. The van der Waals surface area contributed by atoms with Gasteiger partial charge in [-0.25, -0.2) is 9.37 Å². The maximum absolute atomic E-state index is 13.2. The van der Waals surface area contributed by atoms with Gasteiger partial charge in [-0.3, -0.25) is 9.36 Å². The zero-order valence-corrected chi connectivity index (χ0v) is 15.6. The number of aromatic nitrogens is 2. The minimum Gasteiger partial charge on any atom is -0.385 e. The summed E-state index contributed by atoms with van der Waals surface area (Å²) in [6.07, 6.45) is 0.731. The number of para-hydroxylation sites is 1. The molecule has 0 N–H and O–H groups in total. The predicted octanol–water partition coefficient (Wildman–Crippen LogP) is 4.43. The van der Waals surface area contributed by atoms with E-state index in [2.05, 4.69) is 0 Å². The highest BCUT2D eigenvalue weighted by Gasteiger charge is 2.15. The highest BCUT2D eigenvalue weighted by Crippen LogP contribution is 2.33. The van der Waals surface area contributed by atoms with E-state index in [-0.39, 0.29) is 16.6 Å². The highest BCUT2D eigenvalue weighted by atomic mass is 32.2. The average molecular weight is 372 g/mol. The molecule has 0 aliphatic rings. The fraction of sp³-hybridized carbons (Fsp3) is 0.300. The Morgan fingerprint density at radius 2 is 1.92 bits per heavy atom. The number of hydrogen-bond donors (Lipinski definition) is 0.